The van der Waals surface area contributed by atoms with Gasteiger partial charge in [0.25, 0.3) is 5.91 Å². The number of hydrogen-bond donors (Lipinski definition) is 0. The van der Waals surface area contributed by atoms with Crippen molar-refractivity contribution in [1.82, 2.24) is 23.7 Å². The summed E-state index contributed by atoms with van der Waals surface area (Å²) in [6.07, 6.45) is 4.43. The maximum absolute atomic E-state index is 13.1. The number of carbonyl (C=O) groups excluding carboxylic acids is 1. The van der Waals surface area contributed by atoms with Gasteiger partial charge in [-0.05, 0) is 50.1 Å². The highest BCUT2D eigenvalue weighted by Gasteiger charge is 2.28. The summed E-state index contributed by atoms with van der Waals surface area (Å²) in [5.74, 6) is 1.21. The molecule has 0 saturated carbocycles. The van der Waals surface area contributed by atoms with E-state index >= 15 is 0 Å². The van der Waals surface area contributed by atoms with E-state index in [0.29, 0.717) is 48.9 Å². The molecule has 2 saturated heterocycles. The molecule has 0 bridgehead atoms. The van der Waals surface area contributed by atoms with E-state index in [0.717, 1.165) is 50.2 Å². The Labute approximate surface area is 200 Å². The molecule has 0 aliphatic carbocycles. The molecule has 1 aromatic carbocycles. The van der Waals surface area contributed by atoms with Crippen LogP contribution in [0.1, 0.15) is 42.6 Å². The maximum Gasteiger partial charge on any atom is 0.289 e. The molecule has 2 fully saturated rings. The SMILES string of the molecule is CCn1c(CN2CCN(C(=O)c3ccco3)CC2)nc2cc(S(=O)(=O)N3CCCCC3)ccc21. The van der Waals surface area contributed by atoms with Gasteiger partial charge in [-0.25, -0.2) is 13.4 Å². The van der Waals surface area contributed by atoms with Crippen molar-refractivity contribution >= 4 is 27.0 Å². The van der Waals surface area contributed by atoms with Crippen LogP contribution in [0.15, 0.2) is 45.9 Å². The van der Waals surface area contributed by atoms with Crippen LogP contribution >= 0.6 is 0 Å². The predicted octanol–water partition coefficient (Wildman–Crippen LogP) is 2.78. The number of furan rings is 1. The summed E-state index contributed by atoms with van der Waals surface area (Å²) in [6, 6.07) is 8.73. The fourth-order valence-corrected chi connectivity index (χ4v) is 6.45. The third-order valence-corrected chi connectivity index (χ3v) is 8.72. The largest absolute Gasteiger partial charge is 0.459 e. The zero-order valence-electron chi connectivity index (χ0n) is 19.5. The first kappa shape index (κ1) is 23.1. The summed E-state index contributed by atoms with van der Waals surface area (Å²) in [5.41, 5.74) is 1.66. The number of carbonyl (C=O) groups is 1. The quantitative estimate of drug-likeness (QED) is 0.533. The Balaban J connectivity index is 1.31. The van der Waals surface area contributed by atoms with Crippen molar-refractivity contribution in [2.45, 2.75) is 44.2 Å². The molecule has 0 radical (unpaired) electrons. The average Bonchev–Trinajstić information content (AvgIpc) is 3.52. The van der Waals surface area contributed by atoms with E-state index in [1.54, 1.807) is 28.6 Å². The number of amides is 1. The lowest BCUT2D eigenvalue weighted by Gasteiger charge is -2.34. The van der Waals surface area contributed by atoms with Crippen molar-refractivity contribution in [3.63, 3.8) is 0 Å². The van der Waals surface area contributed by atoms with Gasteiger partial charge in [0, 0.05) is 45.8 Å². The molecular formula is C24H31N5O4S. The number of aromatic nitrogens is 2. The molecule has 0 unspecified atom stereocenters. The van der Waals surface area contributed by atoms with Gasteiger partial charge < -0.3 is 13.9 Å². The zero-order valence-corrected chi connectivity index (χ0v) is 20.3. The van der Waals surface area contributed by atoms with Gasteiger partial charge in [-0.2, -0.15) is 4.31 Å². The number of fused-ring (bicyclic) bond motifs is 1. The second-order valence-electron chi connectivity index (χ2n) is 8.93. The van der Waals surface area contributed by atoms with Gasteiger partial charge in [0.2, 0.25) is 10.0 Å². The zero-order chi connectivity index (χ0) is 23.7. The fourth-order valence-electron chi connectivity index (χ4n) is 4.91. The second-order valence-corrected chi connectivity index (χ2v) is 10.9. The lowest BCUT2D eigenvalue weighted by molar-refractivity contribution is 0.0594. The molecule has 9 nitrogen and oxygen atoms in total. The fraction of sp³-hybridized carbons (Fsp3) is 0.500. The van der Waals surface area contributed by atoms with Crippen LogP contribution < -0.4 is 0 Å². The molecule has 1 amide bonds. The Bertz CT molecular complexity index is 1250. The second kappa shape index (κ2) is 9.52. The molecule has 2 aliphatic rings. The van der Waals surface area contributed by atoms with E-state index in [9.17, 15) is 13.2 Å². The molecule has 10 heteroatoms. The van der Waals surface area contributed by atoms with Gasteiger partial charge in [-0.3, -0.25) is 9.69 Å². The van der Waals surface area contributed by atoms with Crippen molar-refractivity contribution in [3.8, 4) is 0 Å². The van der Waals surface area contributed by atoms with Crippen molar-refractivity contribution in [2.24, 2.45) is 0 Å². The van der Waals surface area contributed by atoms with Crippen molar-refractivity contribution in [2.75, 3.05) is 39.3 Å². The molecule has 4 heterocycles. The number of nitrogens with zero attached hydrogens (tertiary/aromatic N) is 5. The molecule has 2 aliphatic heterocycles. The third kappa shape index (κ3) is 4.37. The molecule has 5 rings (SSSR count). The average molecular weight is 486 g/mol. The lowest BCUT2D eigenvalue weighted by Crippen LogP contribution is -2.48. The number of aryl methyl sites for hydroxylation is 1. The minimum atomic E-state index is -3.50. The first-order valence-electron chi connectivity index (χ1n) is 12.0. The highest BCUT2D eigenvalue weighted by molar-refractivity contribution is 7.89. The normalized spacial score (nSPS) is 18.6. The maximum atomic E-state index is 13.1. The van der Waals surface area contributed by atoms with E-state index in [1.165, 1.54) is 6.26 Å². The van der Waals surface area contributed by atoms with Crippen LogP contribution in [0, 0.1) is 0 Å². The standard InChI is InChI=1S/C24H31N5O4S/c1-2-29-21-9-8-19(34(31,32)28-10-4-3-5-11-28)17-20(21)25-23(29)18-26-12-14-27(15-13-26)24(30)22-7-6-16-33-22/h6-9,16-17H,2-5,10-15,18H2,1H3. The Kier molecular flexibility index (Phi) is 6.46. The monoisotopic (exact) mass is 485 g/mol. The summed E-state index contributed by atoms with van der Waals surface area (Å²) < 4.78 is 35.2. The Hall–Kier alpha value is -2.69. The van der Waals surface area contributed by atoms with Gasteiger partial charge in [-0.15, -0.1) is 0 Å². The van der Waals surface area contributed by atoms with Gasteiger partial charge in [0.1, 0.15) is 5.82 Å². The first-order chi connectivity index (χ1) is 16.5. The number of piperazine rings is 1. The first-order valence-corrected chi connectivity index (χ1v) is 13.5. The molecule has 0 atom stereocenters. The summed E-state index contributed by atoms with van der Waals surface area (Å²) in [7, 11) is -3.50. The molecule has 0 spiro atoms. The van der Waals surface area contributed by atoms with Crippen LogP contribution in [0.4, 0.5) is 0 Å². The minimum absolute atomic E-state index is 0.0760. The Morgan fingerprint density at radius 3 is 2.47 bits per heavy atom. The smallest absolute Gasteiger partial charge is 0.289 e. The van der Waals surface area contributed by atoms with Gasteiger partial charge in [0.15, 0.2) is 5.76 Å². The topological polar surface area (TPSA) is 91.9 Å². The van der Waals surface area contributed by atoms with Crippen LogP contribution in [0.25, 0.3) is 11.0 Å². The molecule has 182 valence electrons. The third-order valence-electron chi connectivity index (χ3n) is 6.82. The summed E-state index contributed by atoms with van der Waals surface area (Å²) in [4.78, 5) is 21.8. The Morgan fingerprint density at radius 1 is 1.03 bits per heavy atom. The van der Waals surface area contributed by atoms with Crippen LogP contribution in [-0.4, -0.2) is 77.2 Å². The van der Waals surface area contributed by atoms with Crippen molar-refractivity contribution < 1.29 is 17.6 Å². The molecular weight excluding hydrogens is 454 g/mol. The summed E-state index contributed by atoms with van der Waals surface area (Å²) in [6.45, 7) is 7.40. The van der Waals surface area contributed by atoms with Crippen LogP contribution in [0.3, 0.4) is 0 Å². The highest BCUT2D eigenvalue weighted by atomic mass is 32.2. The van der Waals surface area contributed by atoms with Gasteiger partial charge in [0.05, 0.1) is 28.7 Å². The van der Waals surface area contributed by atoms with E-state index in [1.807, 2.05) is 11.0 Å². The summed E-state index contributed by atoms with van der Waals surface area (Å²) in [5, 5.41) is 0. The number of imidazole rings is 1. The van der Waals surface area contributed by atoms with Crippen molar-refractivity contribution in [3.05, 3.63) is 48.2 Å². The van der Waals surface area contributed by atoms with E-state index in [2.05, 4.69) is 16.4 Å². The van der Waals surface area contributed by atoms with E-state index < -0.39 is 10.0 Å². The van der Waals surface area contributed by atoms with Crippen LogP contribution in [0.5, 0.6) is 0 Å². The van der Waals surface area contributed by atoms with E-state index in [4.69, 9.17) is 9.40 Å². The number of rotatable bonds is 6. The minimum Gasteiger partial charge on any atom is -0.459 e. The highest BCUT2D eigenvalue weighted by Crippen LogP contribution is 2.25. The van der Waals surface area contributed by atoms with Crippen LogP contribution in [0.2, 0.25) is 0 Å². The van der Waals surface area contributed by atoms with Gasteiger partial charge in [-0.1, -0.05) is 6.42 Å². The van der Waals surface area contributed by atoms with Crippen molar-refractivity contribution in [1.29, 1.82) is 0 Å². The van der Waals surface area contributed by atoms with E-state index in [-0.39, 0.29) is 5.91 Å². The molecule has 34 heavy (non-hydrogen) atoms. The van der Waals surface area contributed by atoms with Crippen LogP contribution in [-0.2, 0) is 23.1 Å². The number of piperidine rings is 1. The molecule has 0 N–H and O–H groups in total. The lowest BCUT2D eigenvalue weighted by atomic mass is 10.2. The molecule has 2 aromatic heterocycles. The number of sulfonamides is 1. The van der Waals surface area contributed by atoms with Gasteiger partial charge >= 0.3 is 0 Å². The Morgan fingerprint density at radius 2 is 1.79 bits per heavy atom. The number of benzene rings is 1. The molecule has 3 aromatic rings. The predicted molar refractivity (Wildman–Crippen MR) is 128 cm³/mol. The summed E-state index contributed by atoms with van der Waals surface area (Å²) >= 11 is 0. The number of hydrogen-bond acceptors (Lipinski definition) is 6.